The Kier molecular flexibility index (Phi) is 6.46. The summed E-state index contributed by atoms with van der Waals surface area (Å²) in [5.41, 5.74) is 2.51. The minimum absolute atomic E-state index is 0.0562. The lowest BCUT2D eigenvalue weighted by Gasteiger charge is -2.33. The number of urea groups is 1. The van der Waals surface area contributed by atoms with Gasteiger partial charge in [0.1, 0.15) is 13.2 Å². The molecule has 0 saturated carbocycles. The molecule has 0 unspecified atom stereocenters. The summed E-state index contributed by atoms with van der Waals surface area (Å²) in [6.45, 7) is 1.67. The smallest absolute Gasteiger partial charge is 0.338 e. The van der Waals surface area contributed by atoms with Crippen molar-refractivity contribution in [3.63, 3.8) is 0 Å². The van der Waals surface area contributed by atoms with Gasteiger partial charge in [-0.25, -0.2) is 9.59 Å². The van der Waals surface area contributed by atoms with Crippen LogP contribution in [-0.2, 0) is 20.7 Å². The average molecular weight is 454 g/mol. The summed E-state index contributed by atoms with van der Waals surface area (Å²) in [7, 11) is 0. The molecule has 32 heavy (non-hydrogen) atoms. The van der Waals surface area contributed by atoms with Gasteiger partial charge in [-0.3, -0.25) is 9.69 Å². The molecule has 4 rings (SSSR count). The number of nitrogens with zero attached hydrogens (tertiary/aromatic N) is 1. The van der Waals surface area contributed by atoms with Crippen molar-refractivity contribution in [1.29, 1.82) is 0 Å². The molecule has 2 aliphatic heterocycles. The first kappa shape index (κ1) is 21.9. The van der Waals surface area contributed by atoms with E-state index in [0.29, 0.717) is 21.9 Å². The molecule has 8 heteroatoms. The van der Waals surface area contributed by atoms with Crippen LogP contribution in [-0.4, -0.2) is 42.0 Å². The fourth-order valence-electron chi connectivity index (χ4n) is 3.98. The number of aryl methyl sites for hydroxylation is 1. The molecule has 0 saturated heterocycles. The van der Waals surface area contributed by atoms with Crippen molar-refractivity contribution >= 4 is 29.5 Å². The number of benzene rings is 2. The predicted molar refractivity (Wildman–Crippen MR) is 120 cm³/mol. The fourth-order valence-corrected chi connectivity index (χ4v) is 4.23. The van der Waals surface area contributed by atoms with E-state index in [4.69, 9.17) is 16.3 Å². The zero-order chi connectivity index (χ0) is 22.7. The summed E-state index contributed by atoms with van der Waals surface area (Å²) in [4.78, 5) is 39.2. The lowest BCUT2D eigenvalue weighted by atomic mass is 9.95. The second-order valence-corrected chi connectivity index (χ2v) is 8.33. The third-order valence-electron chi connectivity index (χ3n) is 5.63. The third-order valence-corrected chi connectivity index (χ3v) is 5.98. The van der Waals surface area contributed by atoms with Gasteiger partial charge in [-0.15, -0.1) is 0 Å². The van der Waals surface area contributed by atoms with Gasteiger partial charge in [-0.1, -0.05) is 60.1 Å². The summed E-state index contributed by atoms with van der Waals surface area (Å²) < 4.78 is 5.20. The zero-order valence-corrected chi connectivity index (χ0v) is 18.4. The minimum Gasteiger partial charge on any atom is -0.456 e. The van der Waals surface area contributed by atoms with Gasteiger partial charge in [0.05, 0.1) is 17.3 Å². The van der Waals surface area contributed by atoms with Crippen LogP contribution in [0.1, 0.15) is 30.5 Å². The Bertz CT molecular complexity index is 1070. The molecule has 7 nitrogen and oxygen atoms in total. The molecule has 3 amide bonds. The highest BCUT2D eigenvalue weighted by atomic mass is 35.5. The van der Waals surface area contributed by atoms with E-state index in [1.165, 1.54) is 10.5 Å². The molecule has 166 valence electrons. The number of hydrogen-bond acceptors (Lipinski definition) is 4. The number of amides is 3. The van der Waals surface area contributed by atoms with Crippen LogP contribution in [0.4, 0.5) is 4.79 Å². The van der Waals surface area contributed by atoms with Crippen LogP contribution in [0.25, 0.3) is 0 Å². The van der Waals surface area contributed by atoms with Crippen molar-refractivity contribution in [2.45, 2.75) is 31.8 Å². The fraction of sp³-hybridized carbons (Fsp3) is 0.292. The minimum atomic E-state index is -0.717. The number of ether oxygens (including phenoxy) is 1. The molecule has 2 aromatic carbocycles. The molecule has 2 heterocycles. The van der Waals surface area contributed by atoms with E-state index in [2.05, 4.69) is 10.6 Å². The summed E-state index contributed by atoms with van der Waals surface area (Å²) in [5.74, 6) is -0.824. The van der Waals surface area contributed by atoms with Crippen molar-refractivity contribution < 1.29 is 19.1 Å². The van der Waals surface area contributed by atoms with Gasteiger partial charge in [-0.05, 0) is 37.0 Å². The number of carbonyl (C=O) groups is 3. The van der Waals surface area contributed by atoms with E-state index < -0.39 is 18.0 Å². The summed E-state index contributed by atoms with van der Waals surface area (Å²) in [6.07, 6.45) is 1.61. The van der Waals surface area contributed by atoms with E-state index >= 15 is 0 Å². The maximum atomic E-state index is 12.9. The number of carbonyl (C=O) groups excluding carboxylic acids is 3. The van der Waals surface area contributed by atoms with E-state index in [-0.39, 0.29) is 25.1 Å². The highest BCUT2D eigenvalue weighted by Gasteiger charge is 2.43. The van der Waals surface area contributed by atoms with Gasteiger partial charge in [-0.2, -0.15) is 0 Å². The monoisotopic (exact) mass is 453 g/mol. The lowest BCUT2D eigenvalue weighted by molar-refractivity contribution is -0.136. The molecular formula is C24H24ClN3O4. The van der Waals surface area contributed by atoms with E-state index in [0.717, 1.165) is 12.8 Å². The van der Waals surface area contributed by atoms with Gasteiger partial charge in [0.25, 0.3) is 0 Å². The maximum Gasteiger partial charge on any atom is 0.338 e. The molecule has 2 aromatic rings. The second-order valence-electron chi connectivity index (χ2n) is 7.92. The van der Waals surface area contributed by atoms with Crippen molar-refractivity contribution in [3.05, 3.63) is 82.0 Å². The first-order valence-corrected chi connectivity index (χ1v) is 10.9. The van der Waals surface area contributed by atoms with Crippen LogP contribution < -0.4 is 10.6 Å². The van der Waals surface area contributed by atoms with Crippen LogP contribution in [0.2, 0.25) is 5.02 Å². The van der Waals surface area contributed by atoms with Gasteiger partial charge >= 0.3 is 12.0 Å². The Labute approximate surface area is 191 Å². The molecule has 0 radical (unpaired) electrons. The standard InChI is InChI=1S/C24H24ClN3O4/c1-15(11-12-16-7-3-2-4-8-16)26-20(29)13-28-19-14-32-23(30)21(19)22(27-24(28)31)17-9-5-6-10-18(17)25/h2-10,15,22H,11-14H2,1H3,(H,26,29)(H,27,31)/t15-,22-/m0/s1. The van der Waals surface area contributed by atoms with Crippen molar-refractivity contribution in [2.75, 3.05) is 13.2 Å². The number of hydrogen-bond donors (Lipinski definition) is 2. The largest absolute Gasteiger partial charge is 0.456 e. The number of esters is 1. The molecule has 0 bridgehead atoms. The molecule has 2 aliphatic rings. The van der Waals surface area contributed by atoms with Crippen LogP contribution in [0.15, 0.2) is 65.9 Å². The lowest BCUT2D eigenvalue weighted by Crippen LogP contribution is -2.51. The predicted octanol–water partition coefficient (Wildman–Crippen LogP) is 3.35. The van der Waals surface area contributed by atoms with Crippen LogP contribution >= 0.6 is 11.6 Å². The molecule has 0 aromatic heterocycles. The SMILES string of the molecule is C[C@@H](CCc1ccccc1)NC(=O)CN1C(=O)N[C@@H](c2ccccc2Cl)C2=C1COC2=O. The Morgan fingerprint density at radius 1 is 1.19 bits per heavy atom. The Balaban J connectivity index is 1.45. The summed E-state index contributed by atoms with van der Waals surface area (Å²) in [5, 5.41) is 6.16. The summed E-state index contributed by atoms with van der Waals surface area (Å²) in [6, 6.07) is 15.8. The third kappa shape index (κ3) is 4.62. The summed E-state index contributed by atoms with van der Waals surface area (Å²) >= 11 is 6.29. The maximum absolute atomic E-state index is 12.9. The zero-order valence-electron chi connectivity index (χ0n) is 17.6. The van der Waals surface area contributed by atoms with E-state index in [9.17, 15) is 14.4 Å². The Morgan fingerprint density at radius 2 is 1.91 bits per heavy atom. The average Bonchev–Trinajstić information content (AvgIpc) is 3.17. The van der Waals surface area contributed by atoms with Gasteiger partial charge in [0.15, 0.2) is 0 Å². The quantitative estimate of drug-likeness (QED) is 0.629. The number of rotatable bonds is 7. The van der Waals surface area contributed by atoms with Crippen LogP contribution in [0.5, 0.6) is 0 Å². The molecule has 2 atom stereocenters. The molecule has 0 spiro atoms. The van der Waals surface area contributed by atoms with E-state index in [1.807, 2.05) is 37.3 Å². The van der Waals surface area contributed by atoms with Crippen molar-refractivity contribution in [2.24, 2.45) is 0 Å². The van der Waals surface area contributed by atoms with Gasteiger partial charge in [0.2, 0.25) is 5.91 Å². The first-order valence-electron chi connectivity index (χ1n) is 10.5. The van der Waals surface area contributed by atoms with Gasteiger partial charge in [0, 0.05) is 11.1 Å². The Hall–Kier alpha value is -3.32. The highest BCUT2D eigenvalue weighted by Crippen LogP contribution is 2.37. The molecular weight excluding hydrogens is 430 g/mol. The topological polar surface area (TPSA) is 87.7 Å². The second kappa shape index (κ2) is 9.44. The number of cyclic esters (lactones) is 1. The number of nitrogens with one attached hydrogen (secondary N) is 2. The molecule has 0 aliphatic carbocycles. The normalized spacial score (nSPS) is 18.7. The van der Waals surface area contributed by atoms with Crippen LogP contribution in [0, 0.1) is 0 Å². The number of halogens is 1. The van der Waals surface area contributed by atoms with Crippen LogP contribution in [0.3, 0.4) is 0 Å². The first-order chi connectivity index (χ1) is 15.4. The molecule has 2 N–H and O–H groups in total. The molecule has 0 fully saturated rings. The Morgan fingerprint density at radius 3 is 2.66 bits per heavy atom. The van der Waals surface area contributed by atoms with Gasteiger partial charge < -0.3 is 15.4 Å². The van der Waals surface area contributed by atoms with Crippen molar-refractivity contribution in [1.82, 2.24) is 15.5 Å². The van der Waals surface area contributed by atoms with E-state index in [1.54, 1.807) is 24.3 Å². The highest BCUT2D eigenvalue weighted by molar-refractivity contribution is 6.31. The van der Waals surface area contributed by atoms with Crippen molar-refractivity contribution in [3.8, 4) is 0 Å².